The van der Waals surface area contributed by atoms with E-state index in [1.54, 1.807) is 0 Å². The Morgan fingerprint density at radius 3 is 1.20 bits per heavy atom. The van der Waals surface area contributed by atoms with Gasteiger partial charge in [0, 0.05) is 24.3 Å². The SMILES string of the molecule is Fc1c(F)c(F)c(C(CC(F)(F)C(F)(F)F)C(CC(F)(F)C(F)(F)F)c2ccccc2)c(F)c1F. The molecule has 0 heterocycles. The molecular weight excluding hydrogens is 525 g/mol. The summed E-state index contributed by atoms with van der Waals surface area (Å²) in [6, 6.07) is 4.24. The van der Waals surface area contributed by atoms with Crippen molar-refractivity contribution in [3.05, 3.63) is 70.5 Å². The lowest BCUT2D eigenvalue weighted by Gasteiger charge is -2.34. The lowest BCUT2D eigenvalue weighted by atomic mass is 9.74. The predicted octanol–water partition coefficient (Wildman–Crippen LogP) is 8.42. The average Bonchev–Trinajstić information content (AvgIpc) is 2.73. The van der Waals surface area contributed by atoms with E-state index in [0.717, 1.165) is 18.2 Å². The Morgan fingerprint density at radius 2 is 0.829 bits per heavy atom. The zero-order chi connectivity index (χ0) is 27.1. The van der Waals surface area contributed by atoms with Crippen LogP contribution in [0.1, 0.15) is 35.8 Å². The summed E-state index contributed by atoms with van der Waals surface area (Å²) in [7, 11) is 0. The molecule has 0 saturated carbocycles. The topological polar surface area (TPSA) is 0 Å². The van der Waals surface area contributed by atoms with Crippen LogP contribution in [-0.4, -0.2) is 24.2 Å². The molecule has 2 rings (SSSR count). The van der Waals surface area contributed by atoms with Crippen LogP contribution in [0.2, 0.25) is 0 Å². The molecule has 0 saturated heterocycles. The molecular formula is C20H11F15. The van der Waals surface area contributed by atoms with Crippen molar-refractivity contribution in [2.75, 3.05) is 0 Å². The van der Waals surface area contributed by atoms with E-state index in [2.05, 4.69) is 0 Å². The van der Waals surface area contributed by atoms with Crippen LogP contribution >= 0.6 is 0 Å². The van der Waals surface area contributed by atoms with Gasteiger partial charge < -0.3 is 0 Å². The summed E-state index contributed by atoms with van der Waals surface area (Å²) in [5.41, 5.74) is -3.25. The van der Waals surface area contributed by atoms with E-state index < -0.39 is 89.1 Å². The van der Waals surface area contributed by atoms with Crippen LogP contribution < -0.4 is 0 Å². The normalized spacial score (nSPS) is 15.3. The molecule has 196 valence electrons. The van der Waals surface area contributed by atoms with Gasteiger partial charge in [-0.2, -0.15) is 43.9 Å². The van der Waals surface area contributed by atoms with E-state index >= 15 is 0 Å². The van der Waals surface area contributed by atoms with Crippen LogP contribution in [0.5, 0.6) is 0 Å². The van der Waals surface area contributed by atoms with Gasteiger partial charge in [-0.3, -0.25) is 0 Å². The maximum atomic E-state index is 14.4. The zero-order valence-corrected chi connectivity index (χ0v) is 16.6. The molecule has 2 aromatic carbocycles. The Morgan fingerprint density at radius 1 is 0.486 bits per heavy atom. The molecule has 2 atom stereocenters. The van der Waals surface area contributed by atoms with E-state index in [1.807, 2.05) is 0 Å². The Hall–Kier alpha value is -2.61. The highest BCUT2D eigenvalue weighted by Crippen LogP contribution is 2.53. The van der Waals surface area contributed by atoms with Gasteiger partial charge >= 0.3 is 24.2 Å². The van der Waals surface area contributed by atoms with Gasteiger partial charge in [0.1, 0.15) is 0 Å². The Bertz CT molecular complexity index is 1010. The third kappa shape index (κ3) is 5.63. The van der Waals surface area contributed by atoms with Crippen molar-refractivity contribution >= 4 is 0 Å². The first-order valence-electron chi connectivity index (χ1n) is 9.18. The summed E-state index contributed by atoms with van der Waals surface area (Å²) >= 11 is 0. The summed E-state index contributed by atoms with van der Waals surface area (Å²) in [5.74, 6) is -32.6. The molecule has 15 heteroatoms. The third-order valence-corrected chi connectivity index (χ3v) is 5.11. The molecule has 0 N–H and O–H groups in total. The molecule has 0 bridgehead atoms. The van der Waals surface area contributed by atoms with E-state index in [1.165, 1.54) is 0 Å². The van der Waals surface area contributed by atoms with Crippen LogP contribution in [0.25, 0.3) is 0 Å². The molecule has 2 aromatic rings. The Labute approximate surface area is 186 Å². The molecule has 0 fully saturated rings. The quantitative estimate of drug-likeness (QED) is 0.189. The molecule has 0 nitrogen and oxygen atoms in total. The molecule has 0 aliphatic carbocycles. The summed E-state index contributed by atoms with van der Waals surface area (Å²) in [6.45, 7) is 0. The van der Waals surface area contributed by atoms with Crippen molar-refractivity contribution in [3.8, 4) is 0 Å². The summed E-state index contributed by atoms with van der Waals surface area (Å²) in [6.07, 6.45) is -18.5. The first-order valence-corrected chi connectivity index (χ1v) is 9.18. The van der Waals surface area contributed by atoms with E-state index in [4.69, 9.17) is 0 Å². The summed E-state index contributed by atoms with van der Waals surface area (Å²) in [5, 5.41) is 0. The minimum Gasteiger partial charge on any atom is -0.203 e. The van der Waals surface area contributed by atoms with E-state index in [-0.39, 0.29) is 0 Å². The molecule has 0 radical (unpaired) electrons. The molecule has 0 aliphatic rings. The molecule has 0 aromatic heterocycles. The molecule has 0 spiro atoms. The van der Waals surface area contributed by atoms with Gasteiger partial charge in [0.2, 0.25) is 5.82 Å². The highest BCUT2D eigenvalue weighted by molar-refractivity contribution is 5.33. The Balaban J connectivity index is 2.90. The molecule has 2 unspecified atom stereocenters. The van der Waals surface area contributed by atoms with Gasteiger partial charge in [-0.05, 0) is 11.5 Å². The highest BCUT2D eigenvalue weighted by Gasteiger charge is 2.62. The van der Waals surface area contributed by atoms with Crippen LogP contribution in [0.3, 0.4) is 0 Å². The number of hydrogen-bond donors (Lipinski definition) is 0. The van der Waals surface area contributed by atoms with Crippen molar-refractivity contribution in [1.29, 1.82) is 0 Å². The minimum absolute atomic E-state index is 0.655. The van der Waals surface area contributed by atoms with Gasteiger partial charge in [0.05, 0.1) is 0 Å². The van der Waals surface area contributed by atoms with Crippen molar-refractivity contribution < 1.29 is 65.9 Å². The first-order chi connectivity index (χ1) is 15.7. The number of alkyl halides is 10. The number of halogens is 15. The first kappa shape index (κ1) is 28.6. The summed E-state index contributed by atoms with van der Waals surface area (Å²) < 4.78 is 202. The van der Waals surface area contributed by atoms with Crippen molar-refractivity contribution in [2.24, 2.45) is 0 Å². The van der Waals surface area contributed by atoms with Crippen LogP contribution in [0.15, 0.2) is 30.3 Å². The lowest BCUT2D eigenvalue weighted by Crippen LogP contribution is -2.42. The highest BCUT2D eigenvalue weighted by atomic mass is 19.4. The largest absolute Gasteiger partial charge is 0.453 e. The minimum atomic E-state index is -6.52. The fourth-order valence-electron chi connectivity index (χ4n) is 3.37. The second-order valence-corrected chi connectivity index (χ2v) is 7.42. The van der Waals surface area contributed by atoms with Crippen LogP contribution in [0, 0.1) is 29.1 Å². The maximum Gasteiger partial charge on any atom is 0.453 e. The van der Waals surface area contributed by atoms with Gasteiger partial charge in [-0.1, -0.05) is 30.3 Å². The number of hydrogen-bond acceptors (Lipinski definition) is 0. The maximum absolute atomic E-state index is 14.4. The van der Waals surface area contributed by atoms with Gasteiger partial charge in [0.25, 0.3) is 0 Å². The lowest BCUT2D eigenvalue weighted by molar-refractivity contribution is -0.292. The van der Waals surface area contributed by atoms with Crippen molar-refractivity contribution in [3.63, 3.8) is 0 Å². The fraction of sp³-hybridized carbons (Fsp3) is 0.400. The number of benzene rings is 2. The van der Waals surface area contributed by atoms with Crippen molar-refractivity contribution in [2.45, 2.75) is 48.9 Å². The fourth-order valence-corrected chi connectivity index (χ4v) is 3.37. The average molecular weight is 536 g/mol. The van der Waals surface area contributed by atoms with Crippen LogP contribution in [0.4, 0.5) is 65.9 Å². The monoisotopic (exact) mass is 536 g/mol. The van der Waals surface area contributed by atoms with Gasteiger partial charge in [-0.25, -0.2) is 22.0 Å². The molecule has 0 amide bonds. The Kier molecular flexibility index (Phi) is 7.73. The predicted molar refractivity (Wildman–Crippen MR) is 89.4 cm³/mol. The van der Waals surface area contributed by atoms with Crippen molar-refractivity contribution in [1.82, 2.24) is 0 Å². The second kappa shape index (κ2) is 9.45. The number of rotatable bonds is 7. The third-order valence-electron chi connectivity index (χ3n) is 5.11. The van der Waals surface area contributed by atoms with Gasteiger partial charge in [0.15, 0.2) is 23.3 Å². The molecule has 0 aliphatic heterocycles. The second-order valence-electron chi connectivity index (χ2n) is 7.42. The standard InChI is InChI=1S/C20H11F15/c21-12-11(13(22)15(24)16(25)14(12)23)10(7-18(28,29)20(33,34)35)9(8-4-2-1-3-5-8)6-17(26,27)19(30,31)32/h1-5,9-10H,6-7H2. The zero-order valence-electron chi connectivity index (χ0n) is 16.6. The molecule has 35 heavy (non-hydrogen) atoms. The van der Waals surface area contributed by atoms with E-state index in [9.17, 15) is 65.9 Å². The summed E-state index contributed by atoms with van der Waals surface area (Å²) in [4.78, 5) is 0. The smallest absolute Gasteiger partial charge is 0.203 e. The van der Waals surface area contributed by atoms with Crippen LogP contribution in [-0.2, 0) is 0 Å². The van der Waals surface area contributed by atoms with E-state index in [0.29, 0.717) is 12.1 Å². The van der Waals surface area contributed by atoms with Gasteiger partial charge in [-0.15, -0.1) is 0 Å².